The fraction of sp³-hybridized carbons (Fsp3) is 0.208. The molecule has 0 aliphatic carbocycles. The fourth-order valence-corrected chi connectivity index (χ4v) is 4.04. The molecule has 0 saturated carbocycles. The lowest BCUT2D eigenvalue weighted by Gasteiger charge is -2.15. The second-order valence-corrected chi connectivity index (χ2v) is 8.48. The van der Waals surface area contributed by atoms with Crippen LogP contribution in [0.2, 0.25) is 10.0 Å². The zero-order valence-electron chi connectivity index (χ0n) is 17.2. The fourth-order valence-electron chi connectivity index (χ4n) is 2.80. The van der Waals surface area contributed by atoms with Gasteiger partial charge in [-0.05, 0) is 90.5 Å². The molecule has 3 aromatic carbocycles. The third-order valence-corrected chi connectivity index (χ3v) is 5.62. The second-order valence-electron chi connectivity index (χ2n) is 6.47. The van der Waals surface area contributed by atoms with E-state index in [1.54, 1.807) is 18.3 Å². The number of rotatable bonds is 9. The van der Waals surface area contributed by atoms with Crippen molar-refractivity contribution in [2.75, 3.05) is 13.2 Å². The van der Waals surface area contributed by atoms with Gasteiger partial charge in [0.25, 0.3) is 0 Å². The van der Waals surface area contributed by atoms with Crippen molar-refractivity contribution < 1.29 is 14.2 Å². The highest BCUT2D eigenvalue weighted by Gasteiger charge is 2.13. The summed E-state index contributed by atoms with van der Waals surface area (Å²) in [5.74, 6) is 2.16. The summed E-state index contributed by atoms with van der Waals surface area (Å²) in [6.07, 6.45) is 1.81. The first kappa shape index (κ1) is 23.7. The molecular weight excluding hydrogens is 548 g/mol. The van der Waals surface area contributed by atoms with Gasteiger partial charge in [-0.15, -0.1) is 0 Å². The monoisotopic (exact) mass is 569 g/mol. The topological polar surface area (TPSA) is 40.0 Å². The van der Waals surface area contributed by atoms with Crippen LogP contribution in [0.25, 0.3) is 0 Å². The van der Waals surface area contributed by atoms with E-state index in [2.05, 4.69) is 27.6 Å². The molecule has 31 heavy (non-hydrogen) atoms. The Morgan fingerprint density at radius 2 is 1.65 bits per heavy atom. The maximum atomic E-state index is 6.27. The lowest BCUT2D eigenvalue weighted by atomic mass is 10.2. The third kappa shape index (κ3) is 6.76. The molecule has 0 spiro atoms. The van der Waals surface area contributed by atoms with Crippen LogP contribution in [-0.2, 0) is 6.61 Å². The predicted molar refractivity (Wildman–Crippen MR) is 136 cm³/mol. The van der Waals surface area contributed by atoms with Crippen LogP contribution < -0.4 is 14.2 Å². The largest absolute Gasteiger partial charge is 0.494 e. The van der Waals surface area contributed by atoms with Gasteiger partial charge in [-0.3, -0.25) is 4.99 Å². The molecule has 0 aromatic heterocycles. The summed E-state index contributed by atoms with van der Waals surface area (Å²) < 4.78 is 18.3. The van der Waals surface area contributed by atoms with Gasteiger partial charge in [0.1, 0.15) is 12.4 Å². The van der Waals surface area contributed by atoms with Crippen molar-refractivity contribution in [3.05, 3.63) is 79.3 Å². The zero-order valence-corrected chi connectivity index (χ0v) is 20.9. The summed E-state index contributed by atoms with van der Waals surface area (Å²) in [5, 5.41) is 1.16. The Hall–Kier alpha value is -1.96. The lowest BCUT2D eigenvalue weighted by molar-refractivity contribution is 0.267. The normalized spacial score (nSPS) is 11.0. The van der Waals surface area contributed by atoms with Gasteiger partial charge in [0.15, 0.2) is 11.5 Å². The van der Waals surface area contributed by atoms with Crippen LogP contribution in [-0.4, -0.2) is 19.4 Å². The molecule has 4 nitrogen and oxygen atoms in total. The summed E-state index contributed by atoms with van der Waals surface area (Å²) in [5.41, 5.74) is 2.61. The van der Waals surface area contributed by atoms with E-state index in [0.29, 0.717) is 41.4 Å². The molecule has 3 aromatic rings. The van der Waals surface area contributed by atoms with Gasteiger partial charge in [-0.2, -0.15) is 0 Å². The minimum atomic E-state index is 0.311. The van der Waals surface area contributed by atoms with E-state index in [1.165, 1.54) is 0 Å². The van der Waals surface area contributed by atoms with Crippen LogP contribution in [0.3, 0.4) is 0 Å². The van der Waals surface area contributed by atoms with Crippen molar-refractivity contribution in [1.29, 1.82) is 0 Å². The van der Waals surface area contributed by atoms with Crippen molar-refractivity contribution >= 4 is 57.7 Å². The van der Waals surface area contributed by atoms with Gasteiger partial charge in [0, 0.05) is 21.8 Å². The Morgan fingerprint density at radius 1 is 0.903 bits per heavy atom. The van der Waals surface area contributed by atoms with Crippen molar-refractivity contribution in [1.82, 2.24) is 0 Å². The van der Waals surface area contributed by atoms with Crippen LogP contribution in [0.1, 0.15) is 25.0 Å². The molecule has 7 heteroatoms. The molecule has 0 saturated heterocycles. The summed E-state index contributed by atoms with van der Waals surface area (Å²) >= 11 is 14.5. The van der Waals surface area contributed by atoms with Crippen LogP contribution >= 0.6 is 45.8 Å². The third-order valence-electron chi connectivity index (χ3n) is 4.23. The van der Waals surface area contributed by atoms with Crippen molar-refractivity contribution in [3.63, 3.8) is 0 Å². The Bertz CT molecular complexity index is 1060. The van der Waals surface area contributed by atoms with E-state index in [0.717, 1.165) is 26.1 Å². The zero-order chi connectivity index (χ0) is 22.2. The number of benzene rings is 3. The van der Waals surface area contributed by atoms with Gasteiger partial charge in [-0.1, -0.05) is 29.3 Å². The molecule has 0 aliphatic rings. The van der Waals surface area contributed by atoms with E-state index in [1.807, 2.05) is 56.3 Å². The maximum absolute atomic E-state index is 6.27. The maximum Gasteiger partial charge on any atom is 0.175 e. The highest BCUT2D eigenvalue weighted by molar-refractivity contribution is 14.1. The molecule has 0 radical (unpaired) electrons. The predicted octanol–water partition coefficient (Wildman–Crippen LogP) is 7.73. The van der Waals surface area contributed by atoms with Gasteiger partial charge < -0.3 is 14.2 Å². The molecule has 0 N–H and O–H groups in total. The second kappa shape index (κ2) is 11.6. The molecule has 0 fully saturated rings. The van der Waals surface area contributed by atoms with Crippen LogP contribution in [0.4, 0.5) is 5.69 Å². The minimum absolute atomic E-state index is 0.311. The van der Waals surface area contributed by atoms with E-state index < -0.39 is 0 Å². The molecular formula is C24H22Cl2INO3. The van der Waals surface area contributed by atoms with Gasteiger partial charge in [-0.25, -0.2) is 0 Å². The quantitative estimate of drug-likeness (QED) is 0.195. The van der Waals surface area contributed by atoms with Gasteiger partial charge in [0.05, 0.1) is 22.5 Å². The average Bonchev–Trinajstić information content (AvgIpc) is 2.74. The Morgan fingerprint density at radius 3 is 2.32 bits per heavy atom. The molecule has 162 valence electrons. The number of aliphatic imine (C=N–C) groups is 1. The van der Waals surface area contributed by atoms with Crippen molar-refractivity contribution in [3.8, 4) is 17.2 Å². The standard InChI is InChI=1S/C24H22Cl2INO3/c1-3-29-20-9-7-19(8-10-20)28-14-16-11-22(27)24(23(12-16)30-4-2)31-15-17-5-6-18(25)13-21(17)26/h5-14H,3-4,15H2,1-2H3. The molecule has 0 atom stereocenters. The summed E-state index contributed by atoms with van der Waals surface area (Å²) in [4.78, 5) is 4.55. The number of hydrogen-bond donors (Lipinski definition) is 0. The minimum Gasteiger partial charge on any atom is -0.494 e. The van der Waals surface area contributed by atoms with Gasteiger partial charge >= 0.3 is 0 Å². The smallest absolute Gasteiger partial charge is 0.175 e. The summed E-state index contributed by atoms with van der Waals surface area (Å²) in [6.45, 7) is 5.37. The molecule has 0 unspecified atom stereocenters. The van der Waals surface area contributed by atoms with Crippen LogP contribution in [0.5, 0.6) is 17.2 Å². The van der Waals surface area contributed by atoms with E-state index in [4.69, 9.17) is 37.4 Å². The first-order valence-corrected chi connectivity index (χ1v) is 11.6. The molecule has 0 amide bonds. The van der Waals surface area contributed by atoms with Gasteiger partial charge in [0.2, 0.25) is 0 Å². The van der Waals surface area contributed by atoms with E-state index >= 15 is 0 Å². The summed E-state index contributed by atoms with van der Waals surface area (Å²) in [7, 11) is 0. The molecule has 0 heterocycles. The number of ether oxygens (including phenoxy) is 3. The molecule has 0 bridgehead atoms. The number of nitrogens with zero attached hydrogens (tertiary/aromatic N) is 1. The van der Waals surface area contributed by atoms with E-state index in [9.17, 15) is 0 Å². The van der Waals surface area contributed by atoms with Crippen LogP contribution in [0, 0.1) is 3.57 Å². The number of hydrogen-bond acceptors (Lipinski definition) is 4. The summed E-state index contributed by atoms with van der Waals surface area (Å²) in [6, 6.07) is 16.9. The van der Waals surface area contributed by atoms with Crippen molar-refractivity contribution in [2.45, 2.75) is 20.5 Å². The van der Waals surface area contributed by atoms with Crippen LogP contribution in [0.15, 0.2) is 59.6 Å². The first-order valence-electron chi connectivity index (χ1n) is 9.80. The van der Waals surface area contributed by atoms with Crippen molar-refractivity contribution in [2.24, 2.45) is 4.99 Å². The average molecular weight is 570 g/mol. The first-order chi connectivity index (χ1) is 15.0. The Kier molecular flexibility index (Phi) is 8.87. The Labute approximate surface area is 206 Å². The number of halogens is 3. The highest BCUT2D eigenvalue weighted by Crippen LogP contribution is 2.35. The molecule has 0 aliphatic heterocycles. The Balaban J connectivity index is 1.79. The van der Waals surface area contributed by atoms with E-state index in [-0.39, 0.29) is 0 Å². The lowest BCUT2D eigenvalue weighted by Crippen LogP contribution is -2.03. The highest BCUT2D eigenvalue weighted by atomic mass is 127. The SMILES string of the molecule is CCOc1ccc(N=Cc2cc(I)c(OCc3ccc(Cl)cc3Cl)c(OCC)c2)cc1. The molecule has 3 rings (SSSR count).